The van der Waals surface area contributed by atoms with Crippen molar-refractivity contribution in [2.45, 2.75) is 19.3 Å². The minimum Gasteiger partial charge on any atom is -0.503 e. The number of phenolic OH excluding ortho intramolecular Hbond substituents is 1. The Labute approximate surface area is 152 Å². The van der Waals surface area contributed by atoms with Gasteiger partial charge in [0.05, 0.1) is 30.6 Å². The van der Waals surface area contributed by atoms with Crippen LogP contribution >= 0.6 is 0 Å². The van der Waals surface area contributed by atoms with Gasteiger partial charge in [0, 0.05) is 16.5 Å². The van der Waals surface area contributed by atoms with Crippen LogP contribution in [-0.2, 0) is 22.7 Å². The van der Waals surface area contributed by atoms with Crippen LogP contribution in [0.5, 0.6) is 11.5 Å². The fourth-order valence-corrected chi connectivity index (χ4v) is 3.73. The van der Waals surface area contributed by atoms with Gasteiger partial charge in [0.1, 0.15) is 12.1 Å². The summed E-state index contributed by atoms with van der Waals surface area (Å²) >= 11 is 0. The summed E-state index contributed by atoms with van der Waals surface area (Å²) in [5, 5.41) is 21.2. The number of hydrogen-bond donors (Lipinski definition) is 2. The molecule has 2 aliphatic rings. The number of pyridine rings is 2. The largest absolute Gasteiger partial charge is 0.503 e. The van der Waals surface area contributed by atoms with E-state index in [2.05, 4.69) is 4.98 Å². The third kappa shape index (κ3) is 2.04. The highest BCUT2D eigenvalue weighted by molar-refractivity contribution is 5.90. The van der Waals surface area contributed by atoms with Crippen LogP contribution in [0.3, 0.4) is 0 Å². The van der Waals surface area contributed by atoms with E-state index in [1.165, 1.54) is 11.7 Å². The Morgan fingerprint density at radius 3 is 2.89 bits per heavy atom. The maximum atomic E-state index is 12.9. The predicted octanol–water partition coefficient (Wildman–Crippen LogP) is 1.23. The van der Waals surface area contributed by atoms with Crippen molar-refractivity contribution in [2.24, 2.45) is 0 Å². The molecule has 1 aromatic carbocycles. The van der Waals surface area contributed by atoms with Gasteiger partial charge in [0.25, 0.3) is 5.56 Å². The number of esters is 1. The van der Waals surface area contributed by atoms with E-state index in [4.69, 9.17) is 9.47 Å². The molecule has 1 unspecified atom stereocenters. The highest BCUT2D eigenvalue weighted by Crippen LogP contribution is 2.39. The van der Waals surface area contributed by atoms with Gasteiger partial charge in [-0.15, -0.1) is 0 Å². The van der Waals surface area contributed by atoms with E-state index < -0.39 is 12.1 Å². The lowest BCUT2D eigenvalue weighted by Crippen LogP contribution is -2.32. The molecule has 8 heteroatoms. The van der Waals surface area contributed by atoms with E-state index in [0.717, 1.165) is 10.9 Å². The number of carbonyl (C=O) groups is 1. The molecule has 4 heterocycles. The first-order valence-corrected chi connectivity index (χ1v) is 8.31. The number of nitrogens with zero attached hydrogens (tertiary/aromatic N) is 2. The molecule has 0 amide bonds. The summed E-state index contributed by atoms with van der Waals surface area (Å²) in [5.74, 6) is -0.562. The number of cyclic esters (lactones) is 1. The van der Waals surface area contributed by atoms with E-state index in [0.29, 0.717) is 29.2 Å². The van der Waals surface area contributed by atoms with Crippen LogP contribution in [0.15, 0.2) is 29.1 Å². The van der Waals surface area contributed by atoms with Crippen molar-refractivity contribution in [3.05, 3.63) is 51.3 Å². The molecule has 0 aliphatic carbocycles. The van der Waals surface area contributed by atoms with Gasteiger partial charge >= 0.3 is 5.97 Å². The fraction of sp³-hybridized carbons (Fsp3) is 0.211. The zero-order chi connectivity index (χ0) is 18.9. The van der Waals surface area contributed by atoms with E-state index in [-0.39, 0.29) is 29.0 Å². The minimum absolute atomic E-state index is 0.0832. The fourth-order valence-electron chi connectivity index (χ4n) is 3.73. The van der Waals surface area contributed by atoms with Crippen molar-refractivity contribution in [1.29, 1.82) is 0 Å². The van der Waals surface area contributed by atoms with E-state index >= 15 is 0 Å². The number of hydrogen-bond acceptors (Lipinski definition) is 7. The quantitative estimate of drug-likeness (QED) is 0.487. The Kier molecular flexibility index (Phi) is 3.11. The topological polar surface area (TPSA) is 111 Å². The Hall–Kier alpha value is -3.39. The van der Waals surface area contributed by atoms with Gasteiger partial charge in [-0.1, -0.05) is 0 Å². The Balaban J connectivity index is 1.79. The van der Waals surface area contributed by atoms with Gasteiger partial charge < -0.3 is 24.3 Å². The molecule has 0 fully saturated rings. The van der Waals surface area contributed by atoms with E-state index in [1.54, 1.807) is 18.2 Å². The normalized spacial score (nSPS) is 17.3. The molecule has 3 aromatic rings. The Morgan fingerprint density at radius 2 is 2.11 bits per heavy atom. The average Bonchev–Trinajstić information content (AvgIpc) is 3.02. The molecule has 0 spiro atoms. The van der Waals surface area contributed by atoms with Crippen LogP contribution in [0.2, 0.25) is 0 Å². The summed E-state index contributed by atoms with van der Waals surface area (Å²) in [5.41, 5.74) is 2.38. The van der Waals surface area contributed by atoms with Gasteiger partial charge in [-0.3, -0.25) is 4.79 Å². The zero-order valence-electron chi connectivity index (χ0n) is 14.2. The van der Waals surface area contributed by atoms with E-state index in [9.17, 15) is 19.8 Å². The zero-order valence-corrected chi connectivity index (χ0v) is 14.2. The summed E-state index contributed by atoms with van der Waals surface area (Å²) in [6.45, 7) is 0.157. The van der Waals surface area contributed by atoms with Crippen molar-refractivity contribution in [3.8, 4) is 22.9 Å². The summed E-state index contributed by atoms with van der Waals surface area (Å²) in [6.07, 6.45) is -1.50. The molecule has 1 atom stereocenters. The van der Waals surface area contributed by atoms with Crippen molar-refractivity contribution < 1.29 is 24.5 Å². The smallest absolute Gasteiger partial charge is 0.340 e. The number of phenols is 1. The average molecular weight is 366 g/mol. The Bertz CT molecular complexity index is 1210. The number of aromatic nitrogens is 2. The van der Waals surface area contributed by atoms with Crippen LogP contribution in [-0.4, -0.2) is 32.8 Å². The van der Waals surface area contributed by atoms with Gasteiger partial charge in [0.15, 0.2) is 17.6 Å². The van der Waals surface area contributed by atoms with Gasteiger partial charge in [-0.25, -0.2) is 9.78 Å². The SMILES string of the molecule is COc1ccc2cc3c(nc2c1O)-c1cc2c(c(=O)n1C3)COC(=O)C2O. The van der Waals surface area contributed by atoms with Crippen molar-refractivity contribution >= 4 is 16.9 Å². The molecular formula is C19H14N2O6. The van der Waals surface area contributed by atoms with Crippen molar-refractivity contribution in [2.75, 3.05) is 7.11 Å². The third-order valence-electron chi connectivity index (χ3n) is 5.11. The maximum absolute atomic E-state index is 12.9. The molecule has 2 N–H and O–H groups in total. The standard InChI is InChI=1S/C19H14N2O6/c1-26-13-3-2-8-4-9-6-21-12(14(9)20-15(8)17(13)23)5-10-11(18(21)24)7-27-19(25)16(10)22/h2-5,16,22-23H,6-7H2,1H3. The molecular weight excluding hydrogens is 352 g/mol. The lowest BCUT2D eigenvalue weighted by molar-refractivity contribution is -0.157. The summed E-state index contributed by atoms with van der Waals surface area (Å²) in [7, 11) is 1.45. The maximum Gasteiger partial charge on any atom is 0.340 e. The molecule has 8 nitrogen and oxygen atoms in total. The number of ether oxygens (including phenoxy) is 2. The number of aliphatic hydroxyl groups is 1. The number of rotatable bonds is 1. The van der Waals surface area contributed by atoms with Gasteiger partial charge in [-0.05, 0) is 24.3 Å². The van der Waals surface area contributed by atoms with Gasteiger partial charge in [-0.2, -0.15) is 0 Å². The van der Waals surface area contributed by atoms with Crippen LogP contribution in [0, 0.1) is 0 Å². The molecule has 2 aromatic heterocycles. The molecule has 27 heavy (non-hydrogen) atoms. The Morgan fingerprint density at radius 1 is 1.30 bits per heavy atom. The first-order chi connectivity index (χ1) is 13.0. The molecule has 0 radical (unpaired) electrons. The molecule has 0 saturated heterocycles. The molecule has 0 bridgehead atoms. The first-order valence-electron chi connectivity index (χ1n) is 8.31. The molecule has 136 valence electrons. The monoisotopic (exact) mass is 366 g/mol. The lowest BCUT2D eigenvalue weighted by Gasteiger charge is -2.21. The summed E-state index contributed by atoms with van der Waals surface area (Å²) in [6, 6.07) is 6.90. The highest BCUT2D eigenvalue weighted by atomic mass is 16.5. The third-order valence-corrected chi connectivity index (χ3v) is 5.11. The second-order valence-corrected chi connectivity index (χ2v) is 6.55. The van der Waals surface area contributed by atoms with Crippen molar-refractivity contribution in [1.82, 2.24) is 9.55 Å². The van der Waals surface area contributed by atoms with E-state index in [1.807, 2.05) is 6.07 Å². The molecule has 0 saturated carbocycles. The summed E-state index contributed by atoms with van der Waals surface area (Å²) < 4.78 is 11.5. The van der Waals surface area contributed by atoms with Crippen LogP contribution in [0.25, 0.3) is 22.3 Å². The predicted molar refractivity (Wildman–Crippen MR) is 93.5 cm³/mol. The number of methoxy groups -OCH3 is 1. The molecule has 2 aliphatic heterocycles. The second kappa shape index (κ2) is 5.31. The number of carbonyl (C=O) groups excluding carboxylic acids is 1. The minimum atomic E-state index is -1.50. The second-order valence-electron chi connectivity index (χ2n) is 6.55. The highest BCUT2D eigenvalue weighted by Gasteiger charge is 2.33. The van der Waals surface area contributed by atoms with Crippen molar-refractivity contribution in [3.63, 3.8) is 0 Å². The number of aliphatic hydroxyl groups excluding tert-OH is 1. The van der Waals surface area contributed by atoms with Crippen LogP contribution in [0.4, 0.5) is 0 Å². The van der Waals surface area contributed by atoms with Gasteiger partial charge in [0.2, 0.25) is 0 Å². The first kappa shape index (κ1) is 15.8. The number of aromatic hydroxyl groups is 1. The van der Waals surface area contributed by atoms with Crippen LogP contribution in [0.1, 0.15) is 22.8 Å². The van der Waals surface area contributed by atoms with Crippen LogP contribution < -0.4 is 10.3 Å². The lowest BCUT2D eigenvalue weighted by atomic mass is 10.0. The number of fused-ring (bicyclic) bond motifs is 5. The number of benzene rings is 1. The molecule has 5 rings (SSSR count). The summed E-state index contributed by atoms with van der Waals surface area (Å²) in [4.78, 5) is 29.1.